The Morgan fingerprint density at radius 1 is 0.822 bits per heavy atom. The molecule has 1 saturated heterocycles. The number of likely N-dealkylation sites (tertiary alicyclic amines) is 1. The van der Waals surface area contributed by atoms with Crippen molar-refractivity contribution in [2.24, 2.45) is 0 Å². The highest BCUT2D eigenvalue weighted by Crippen LogP contribution is 2.31. The maximum atomic E-state index is 13.7. The van der Waals surface area contributed by atoms with Crippen molar-refractivity contribution in [2.75, 3.05) is 37.9 Å². The van der Waals surface area contributed by atoms with Crippen LogP contribution in [0.3, 0.4) is 0 Å². The highest BCUT2D eigenvalue weighted by Gasteiger charge is 2.25. The predicted octanol–water partition coefficient (Wildman–Crippen LogP) is 6.16. The van der Waals surface area contributed by atoms with E-state index in [0.29, 0.717) is 22.9 Å². The monoisotopic (exact) mass is 610 g/mol. The van der Waals surface area contributed by atoms with E-state index < -0.39 is 16.7 Å². The molecule has 0 unspecified atom stereocenters. The van der Waals surface area contributed by atoms with Crippen molar-refractivity contribution >= 4 is 28.9 Å². The number of ether oxygens (including phenoxy) is 3. The number of piperidine rings is 1. The first-order chi connectivity index (χ1) is 21.8. The molecule has 2 amide bonds. The van der Waals surface area contributed by atoms with Gasteiger partial charge in [-0.15, -0.1) is 0 Å². The highest BCUT2D eigenvalue weighted by molar-refractivity contribution is 6.13. The largest absolute Gasteiger partial charge is 0.497 e. The van der Waals surface area contributed by atoms with Crippen molar-refractivity contribution in [1.29, 1.82) is 0 Å². The summed E-state index contributed by atoms with van der Waals surface area (Å²) in [6.07, 6.45) is 1.41. The van der Waals surface area contributed by atoms with Gasteiger partial charge >= 0.3 is 0 Å². The minimum Gasteiger partial charge on any atom is -0.497 e. The lowest BCUT2D eigenvalue weighted by Gasteiger charge is -2.32. The van der Waals surface area contributed by atoms with Gasteiger partial charge in [0.25, 0.3) is 17.5 Å². The van der Waals surface area contributed by atoms with E-state index >= 15 is 0 Å². The van der Waals surface area contributed by atoms with Crippen LogP contribution in [0.25, 0.3) is 0 Å². The molecule has 0 saturated carbocycles. The maximum Gasteiger partial charge on any atom is 0.271 e. The average Bonchev–Trinajstić information content (AvgIpc) is 3.06. The number of anilines is 2. The number of nitro groups is 1. The summed E-state index contributed by atoms with van der Waals surface area (Å²) >= 11 is 0. The second kappa shape index (κ2) is 14.4. The Labute approximate surface area is 260 Å². The molecule has 11 heteroatoms. The van der Waals surface area contributed by atoms with Crippen LogP contribution in [-0.2, 0) is 6.54 Å². The first kappa shape index (κ1) is 31.0. The van der Waals surface area contributed by atoms with Gasteiger partial charge in [0, 0.05) is 43.5 Å². The van der Waals surface area contributed by atoms with Crippen LogP contribution in [0.1, 0.15) is 39.1 Å². The fourth-order valence-corrected chi connectivity index (χ4v) is 5.13. The van der Waals surface area contributed by atoms with E-state index in [9.17, 15) is 19.7 Å². The van der Waals surface area contributed by atoms with E-state index in [1.165, 1.54) is 31.9 Å². The number of nitrogens with zero attached hydrogens (tertiary/aromatic N) is 2. The Balaban J connectivity index is 1.33. The Morgan fingerprint density at radius 2 is 1.47 bits per heavy atom. The zero-order valence-corrected chi connectivity index (χ0v) is 25.0. The average molecular weight is 611 g/mol. The van der Waals surface area contributed by atoms with Crippen LogP contribution in [-0.4, -0.2) is 55.1 Å². The lowest BCUT2D eigenvalue weighted by molar-refractivity contribution is -0.384. The van der Waals surface area contributed by atoms with Gasteiger partial charge in [-0.1, -0.05) is 30.3 Å². The summed E-state index contributed by atoms with van der Waals surface area (Å²) in [6, 6.07) is 25.5. The Hall–Kier alpha value is -5.42. The molecule has 5 rings (SSSR count). The molecule has 232 valence electrons. The summed E-state index contributed by atoms with van der Waals surface area (Å²) in [5.41, 5.74) is 1.69. The first-order valence-corrected chi connectivity index (χ1v) is 14.5. The van der Waals surface area contributed by atoms with Crippen LogP contribution in [0.4, 0.5) is 17.1 Å². The zero-order valence-electron chi connectivity index (χ0n) is 25.0. The molecule has 0 spiro atoms. The predicted molar refractivity (Wildman–Crippen MR) is 170 cm³/mol. The fourth-order valence-electron chi connectivity index (χ4n) is 5.13. The summed E-state index contributed by atoms with van der Waals surface area (Å²) in [5, 5.41) is 17.0. The number of hydrogen-bond acceptors (Lipinski definition) is 8. The van der Waals surface area contributed by atoms with Gasteiger partial charge in [0.15, 0.2) is 0 Å². The lowest BCUT2D eigenvalue weighted by atomic mass is 10.1. The molecule has 0 aromatic heterocycles. The second-order valence-electron chi connectivity index (χ2n) is 10.6. The molecule has 1 aliphatic rings. The van der Waals surface area contributed by atoms with Gasteiger partial charge in [-0.2, -0.15) is 0 Å². The number of amides is 2. The Morgan fingerprint density at radius 3 is 2.13 bits per heavy atom. The summed E-state index contributed by atoms with van der Waals surface area (Å²) in [7, 11) is 3.06. The molecule has 4 aromatic carbocycles. The SMILES string of the molecule is COc1ccc(NC(=O)c2ccc([N+](=O)[O-])cc2NC(=O)c2ccc(OC)cc2OC2CCN(Cc3ccccc3)CC2)cc1. The van der Waals surface area contributed by atoms with Gasteiger partial charge in [0.05, 0.1) is 36.0 Å². The molecule has 0 aliphatic carbocycles. The van der Waals surface area contributed by atoms with E-state index in [0.717, 1.165) is 38.5 Å². The molecular weight excluding hydrogens is 576 g/mol. The van der Waals surface area contributed by atoms with Crippen molar-refractivity contribution in [3.63, 3.8) is 0 Å². The molecular formula is C34H34N4O7. The van der Waals surface area contributed by atoms with Crippen LogP contribution in [0.5, 0.6) is 17.2 Å². The molecule has 4 aromatic rings. The van der Waals surface area contributed by atoms with Gasteiger partial charge in [0.1, 0.15) is 23.4 Å². The van der Waals surface area contributed by atoms with E-state index in [1.54, 1.807) is 42.5 Å². The molecule has 0 bridgehead atoms. The fraction of sp³-hybridized carbons (Fsp3) is 0.235. The van der Waals surface area contributed by atoms with Crippen molar-refractivity contribution in [3.8, 4) is 17.2 Å². The van der Waals surface area contributed by atoms with Crippen LogP contribution in [0.15, 0.2) is 91.0 Å². The lowest BCUT2D eigenvalue weighted by Crippen LogP contribution is -2.38. The van der Waals surface area contributed by atoms with Gasteiger partial charge < -0.3 is 24.8 Å². The molecule has 45 heavy (non-hydrogen) atoms. The van der Waals surface area contributed by atoms with Gasteiger partial charge in [-0.05, 0) is 60.9 Å². The number of carbonyl (C=O) groups excluding carboxylic acids is 2. The third kappa shape index (κ3) is 7.95. The van der Waals surface area contributed by atoms with Crippen LogP contribution in [0.2, 0.25) is 0 Å². The van der Waals surface area contributed by atoms with Crippen LogP contribution >= 0.6 is 0 Å². The first-order valence-electron chi connectivity index (χ1n) is 14.5. The summed E-state index contributed by atoms with van der Waals surface area (Å²) in [6.45, 7) is 2.54. The van der Waals surface area contributed by atoms with Crippen molar-refractivity contribution in [2.45, 2.75) is 25.5 Å². The standard InChI is InChI=1S/C34H34N4O7/c1-43-26-11-8-24(9-12-26)35-33(39)29-14-10-25(38(41)42)20-31(29)36-34(40)30-15-13-28(44-2)21-32(30)45-27-16-18-37(19-17-27)22-23-6-4-3-5-7-23/h3-15,20-21,27H,16-19,22H2,1-2H3,(H,35,39)(H,36,40). The van der Waals surface area contributed by atoms with Crippen molar-refractivity contribution < 1.29 is 28.7 Å². The molecule has 1 fully saturated rings. The van der Waals surface area contributed by atoms with E-state index in [-0.39, 0.29) is 28.6 Å². The summed E-state index contributed by atoms with van der Waals surface area (Å²) < 4.78 is 16.9. The molecule has 11 nitrogen and oxygen atoms in total. The highest BCUT2D eigenvalue weighted by atomic mass is 16.6. The third-order valence-electron chi connectivity index (χ3n) is 7.57. The number of rotatable bonds is 11. The minimum absolute atomic E-state index is 0.0174. The van der Waals surface area contributed by atoms with Crippen LogP contribution < -0.4 is 24.8 Å². The Bertz CT molecular complexity index is 1650. The quantitative estimate of drug-likeness (QED) is 0.152. The third-order valence-corrected chi connectivity index (χ3v) is 7.57. The van der Waals surface area contributed by atoms with Crippen molar-refractivity contribution in [3.05, 3.63) is 118 Å². The smallest absolute Gasteiger partial charge is 0.271 e. The summed E-state index contributed by atoms with van der Waals surface area (Å²) in [5.74, 6) is 0.305. The number of hydrogen-bond donors (Lipinski definition) is 2. The van der Waals surface area contributed by atoms with Crippen LogP contribution in [0, 0.1) is 10.1 Å². The van der Waals surface area contributed by atoms with Gasteiger partial charge in [-0.3, -0.25) is 24.6 Å². The Kier molecular flexibility index (Phi) is 9.90. The number of methoxy groups -OCH3 is 2. The molecule has 2 N–H and O–H groups in total. The number of non-ortho nitro benzene ring substituents is 1. The zero-order chi connectivity index (χ0) is 31.8. The number of nitro benzene ring substituents is 1. The summed E-state index contributed by atoms with van der Waals surface area (Å²) in [4.78, 5) is 40.2. The normalized spacial score (nSPS) is 13.5. The molecule has 0 atom stereocenters. The van der Waals surface area contributed by atoms with Gasteiger partial charge in [0.2, 0.25) is 0 Å². The molecule has 0 radical (unpaired) electrons. The topological polar surface area (TPSA) is 132 Å². The van der Waals surface area contributed by atoms with E-state index in [4.69, 9.17) is 14.2 Å². The van der Waals surface area contributed by atoms with E-state index in [1.807, 2.05) is 18.2 Å². The number of nitrogens with one attached hydrogen (secondary N) is 2. The molecule has 1 aliphatic heterocycles. The minimum atomic E-state index is -0.590. The maximum absolute atomic E-state index is 13.7. The number of benzene rings is 4. The van der Waals surface area contributed by atoms with Gasteiger partial charge in [-0.25, -0.2) is 0 Å². The second-order valence-corrected chi connectivity index (χ2v) is 10.6. The number of carbonyl (C=O) groups is 2. The molecule has 1 heterocycles. The van der Waals surface area contributed by atoms with E-state index in [2.05, 4.69) is 27.7 Å². The van der Waals surface area contributed by atoms with Crippen molar-refractivity contribution in [1.82, 2.24) is 4.90 Å².